The zero-order valence-electron chi connectivity index (χ0n) is 12.0. The third-order valence-electron chi connectivity index (χ3n) is 3.65. The maximum Gasteiger partial charge on any atom is 0.270 e. The molecule has 1 amide bonds. The summed E-state index contributed by atoms with van der Waals surface area (Å²) in [6, 6.07) is 2.04. The van der Waals surface area contributed by atoms with E-state index in [-0.39, 0.29) is 5.91 Å². The van der Waals surface area contributed by atoms with Crippen LogP contribution in [0.25, 0.3) is 0 Å². The third kappa shape index (κ3) is 4.37. The predicted molar refractivity (Wildman–Crippen MR) is 78.3 cm³/mol. The second-order valence-electron chi connectivity index (χ2n) is 5.42. The van der Waals surface area contributed by atoms with Gasteiger partial charge in [0.1, 0.15) is 17.8 Å². The minimum absolute atomic E-state index is 0.115. The van der Waals surface area contributed by atoms with Crippen molar-refractivity contribution >= 4 is 11.7 Å². The van der Waals surface area contributed by atoms with E-state index in [2.05, 4.69) is 25.5 Å². The fourth-order valence-corrected chi connectivity index (χ4v) is 2.23. The molecule has 0 spiro atoms. The van der Waals surface area contributed by atoms with Gasteiger partial charge in [0.15, 0.2) is 0 Å². The lowest BCUT2D eigenvalue weighted by Gasteiger charge is -2.26. The van der Waals surface area contributed by atoms with E-state index in [1.807, 2.05) is 0 Å². The Morgan fingerprint density at radius 3 is 2.90 bits per heavy atom. The average Bonchev–Trinajstić information content (AvgIpc) is 3.33. The van der Waals surface area contributed by atoms with E-state index in [1.165, 1.54) is 6.33 Å². The van der Waals surface area contributed by atoms with Gasteiger partial charge in [0.25, 0.3) is 5.91 Å². The number of rotatable bonds is 6. The van der Waals surface area contributed by atoms with Gasteiger partial charge in [-0.15, -0.1) is 0 Å². The summed E-state index contributed by atoms with van der Waals surface area (Å²) in [7, 11) is 0. The molecule has 0 bridgehead atoms. The molecule has 2 aliphatic rings. The van der Waals surface area contributed by atoms with Crippen LogP contribution < -0.4 is 10.6 Å². The Kier molecular flexibility index (Phi) is 4.62. The Bertz CT molecular complexity index is 486. The lowest BCUT2D eigenvalue weighted by molar-refractivity contribution is 0.0398. The number of hydrogen-bond donors (Lipinski definition) is 2. The lowest BCUT2D eigenvalue weighted by Crippen LogP contribution is -2.39. The fraction of sp³-hybridized carbons (Fsp3) is 0.643. The van der Waals surface area contributed by atoms with Crippen LogP contribution in [0.3, 0.4) is 0 Å². The Hall–Kier alpha value is -1.73. The second-order valence-corrected chi connectivity index (χ2v) is 5.42. The number of nitrogens with one attached hydrogen (secondary N) is 2. The minimum Gasteiger partial charge on any atom is -0.379 e. The smallest absolute Gasteiger partial charge is 0.270 e. The fourth-order valence-electron chi connectivity index (χ4n) is 2.23. The van der Waals surface area contributed by atoms with E-state index >= 15 is 0 Å². The number of aromatic nitrogens is 2. The monoisotopic (exact) mass is 291 g/mol. The van der Waals surface area contributed by atoms with Crippen LogP contribution in [0, 0.1) is 0 Å². The summed E-state index contributed by atoms with van der Waals surface area (Å²) < 4.78 is 5.32. The number of morpholine rings is 1. The molecule has 1 aromatic heterocycles. The third-order valence-corrected chi connectivity index (χ3v) is 3.65. The first-order valence-corrected chi connectivity index (χ1v) is 7.48. The summed E-state index contributed by atoms with van der Waals surface area (Å²) in [4.78, 5) is 22.4. The van der Waals surface area contributed by atoms with Crippen LogP contribution in [0.15, 0.2) is 12.4 Å². The first kappa shape index (κ1) is 14.2. The van der Waals surface area contributed by atoms with E-state index in [4.69, 9.17) is 4.74 Å². The Labute approximate surface area is 124 Å². The van der Waals surface area contributed by atoms with Gasteiger partial charge in [-0.05, 0) is 12.8 Å². The van der Waals surface area contributed by atoms with Crippen LogP contribution >= 0.6 is 0 Å². The number of anilines is 1. The SMILES string of the molecule is O=C(NC1CC1)c1cc(NCCN2CCOCC2)ncn1. The summed E-state index contributed by atoms with van der Waals surface area (Å²) in [6.07, 6.45) is 3.57. The van der Waals surface area contributed by atoms with Crippen molar-refractivity contribution in [3.8, 4) is 0 Å². The summed E-state index contributed by atoms with van der Waals surface area (Å²) in [5.41, 5.74) is 0.422. The summed E-state index contributed by atoms with van der Waals surface area (Å²) >= 11 is 0. The molecule has 2 fully saturated rings. The van der Waals surface area contributed by atoms with E-state index in [0.29, 0.717) is 17.6 Å². The minimum atomic E-state index is -0.115. The molecule has 1 aliphatic carbocycles. The van der Waals surface area contributed by atoms with Crippen LogP contribution in [0.4, 0.5) is 5.82 Å². The molecule has 1 saturated carbocycles. The predicted octanol–water partition coefficient (Wildman–Crippen LogP) is 0.113. The van der Waals surface area contributed by atoms with E-state index in [1.54, 1.807) is 6.07 Å². The van der Waals surface area contributed by atoms with E-state index in [0.717, 1.165) is 52.2 Å². The molecule has 7 heteroatoms. The highest BCUT2D eigenvalue weighted by atomic mass is 16.5. The van der Waals surface area contributed by atoms with E-state index < -0.39 is 0 Å². The summed E-state index contributed by atoms with van der Waals surface area (Å²) in [5.74, 6) is 0.579. The van der Waals surface area contributed by atoms with Crippen LogP contribution in [0.5, 0.6) is 0 Å². The highest BCUT2D eigenvalue weighted by molar-refractivity contribution is 5.93. The van der Waals surface area contributed by atoms with Crippen molar-refractivity contribution in [2.45, 2.75) is 18.9 Å². The van der Waals surface area contributed by atoms with E-state index in [9.17, 15) is 4.79 Å². The van der Waals surface area contributed by atoms with Gasteiger partial charge in [-0.3, -0.25) is 9.69 Å². The van der Waals surface area contributed by atoms with Crippen molar-refractivity contribution in [2.75, 3.05) is 44.7 Å². The van der Waals surface area contributed by atoms with Crippen molar-refractivity contribution in [3.05, 3.63) is 18.1 Å². The van der Waals surface area contributed by atoms with Crippen molar-refractivity contribution < 1.29 is 9.53 Å². The Morgan fingerprint density at radius 1 is 1.33 bits per heavy atom. The second kappa shape index (κ2) is 6.82. The lowest BCUT2D eigenvalue weighted by atomic mass is 10.3. The number of carbonyl (C=O) groups is 1. The molecule has 1 saturated heterocycles. The molecule has 2 heterocycles. The van der Waals surface area contributed by atoms with Gasteiger partial charge in [-0.2, -0.15) is 0 Å². The molecule has 1 aromatic rings. The largest absolute Gasteiger partial charge is 0.379 e. The molecule has 3 rings (SSSR count). The number of ether oxygens (including phenoxy) is 1. The van der Waals surface area contributed by atoms with Gasteiger partial charge in [0.2, 0.25) is 0 Å². The standard InChI is InChI=1S/C14H21N5O2/c20-14(18-11-1-2-11)12-9-13(17-10-16-12)15-3-4-19-5-7-21-8-6-19/h9-11H,1-8H2,(H,18,20)(H,15,16,17). The molecule has 0 aromatic carbocycles. The zero-order chi connectivity index (χ0) is 14.5. The number of carbonyl (C=O) groups excluding carboxylic acids is 1. The Balaban J connectivity index is 1.47. The summed E-state index contributed by atoms with van der Waals surface area (Å²) in [5, 5.41) is 6.17. The van der Waals surface area contributed by atoms with Crippen molar-refractivity contribution in [1.29, 1.82) is 0 Å². The van der Waals surface area contributed by atoms with Gasteiger partial charge >= 0.3 is 0 Å². The van der Waals surface area contributed by atoms with Crippen LogP contribution in [-0.2, 0) is 4.74 Å². The molecule has 0 unspecified atom stereocenters. The average molecular weight is 291 g/mol. The van der Waals surface area contributed by atoms with Gasteiger partial charge in [0.05, 0.1) is 13.2 Å². The van der Waals surface area contributed by atoms with Crippen molar-refractivity contribution in [3.63, 3.8) is 0 Å². The van der Waals surface area contributed by atoms with Crippen molar-refractivity contribution in [1.82, 2.24) is 20.2 Å². The molecule has 7 nitrogen and oxygen atoms in total. The molecule has 0 atom stereocenters. The highest BCUT2D eigenvalue weighted by Gasteiger charge is 2.24. The summed E-state index contributed by atoms with van der Waals surface area (Å²) in [6.45, 7) is 5.29. The Morgan fingerprint density at radius 2 is 2.14 bits per heavy atom. The molecule has 0 radical (unpaired) electrons. The topological polar surface area (TPSA) is 79.4 Å². The molecular weight excluding hydrogens is 270 g/mol. The molecule has 1 aliphatic heterocycles. The molecule has 2 N–H and O–H groups in total. The van der Waals surface area contributed by atoms with Crippen LogP contribution in [-0.4, -0.2) is 66.2 Å². The van der Waals surface area contributed by atoms with Gasteiger partial charge in [0, 0.05) is 38.3 Å². The number of amides is 1. The maximum atomic E-state index is 11.9. The van der Waals surface area contributed by atoms with Gasteiger partial charge in [-0.25, -0.2) is 9.97 Å². The highest BCUT2D eigenvalue weighted by Crippen LogP contribution is 2.19. The number of nitrogens with zero attached hydrogens (tertiary/aromatic N) is 3. The van der Waals surface area contributed by atoms with Crippen LogP contribution in [0.2, 0.25) is 0 Å². The first-order chi connectivity index (χ1) is 10.3. The van der Waals surface area contributed by atoms with Gasteiger partial charge in [-0.1, -0.05) is 0 Å². The molecule has 21 heavy (non-hydrogen) atoms. The quantitative estimate of drug-likeness (QED) is 0.774. The molecular formula is C14H21N5O2. The molecule has 114 valence electrons. The maximum absolute atomic E-state index is 11.9. The van der Waals surface area contributed by atoms with Crippen LogP contribution in [0.1, 0.15) is 23.3 Å². The zero-order valence-corrected chi connectivity index (χ0v) is 12.0. The number of hydrogen-bond acceptors (Lipinski definition) is 6. The first-order valence-electron chi connectivity index (χ1n) is 7.48. The van der Waals surface area contributed by atoms with Crippen molar-refractivity contribution in [2.24, 2.45) is 0 Å². The normalized spacial score (nSPS) is 19.2. The van der Waals surface area contributed by atoms with Gasteiger partial charge < -0.3 is 15.4 Å².